The monoisotopic (exact) mass is 247 g/mol. The molecule has 2 rings (SSSR count). The summed E-state index contributed by atoms with van der Waals surface area (Å²) in [6.07, 6.45) is 0.773. The summed E-state index contributed by atoms with van der Waals surface area (Å²) in [7, 11) is 1.79. The van der Waals surface area contributed by atoms with E-state index in [1.165, 1.54) is 6.92 Å². The van der Waals surface area contributed by atoms with Crippen molar-refractivity contribution in [3.8, 4) is 0 Å². The second kappa shape index (κ2) is 4.68. The van der Waals surface area contributed by atoms with Crippen LogP contribution in [0.4, 0.5) is 11.4 Å². The molecule has 1 heterocycles. The van der Waals surface area contributed by atoms with Gasteiger partial charge in [0, 0.05) is 30.5 Å². The van der Waals surface area contributed by atoms with Crippen LogP contribution < -0.4 is 11.1 Å². The van der Waals surface area contributed by atoms with Gasteiger partial charge < -0.3 is 16.0 Å². The molecule has 3 N–H and O–H groups in total. The molecule has 1 amide bonds. The van der Waals surface area contributed by atoms with Gasteiger partial charge >= 0.3 is 0 Å². The maximum absolute atomic E-state index is 11.8. The predicted molar refractivity (Wildman–Crippen MR) is 70.5 cm³/mol. The molecule has 1 atom stereocenters. The quantitative estimate of drug-likeness (QED) is 0.620. The molecule has 96 valence electrons. The smallest absolute Gasteiger partial charge is 0.244 e. The molecule has 1 aromatic carbocycles. The van der Waals surface area contributed by atoms with Gasteiger partial charge in [-0.15, -0.1) is 0 Å². The molecule has 5 heteroatoms. The Morgan fingerprint density at radius 3 is 2.78 bits per heavy atom. The highest BCUT2D eigenvalue weighted by Crippen LogP contribution is 2.21. The summed E-state index contributed by atoms with van der Waals surface area (Å²) >= 11 is 0. The number of likely N-dealkylation sites (N-methyl/N-ethyl adjacent to an activating group) is 1. The van der Waals surface area contributed by atoms with Gasteiger partial charge in [0.05, 0.1) is 0 Å². The fourth-order valence-electron chi connectivity index (χ4n) is 2.11. The number of likely N-dealkylation sites (tertiary alicyclic amines) is 1. The van der Waals surface area contributed by atoms with Crippen LogP contribution in [-0.4, -0.2) is 36.2 Å². The Morgan fingerprint density at radius 1 is 1.50 bits per heavy atom. The van der Waals surface area contributed by atoms with Gasteiger partial charge in [0.2, 0.25) is 5.91 Å². The van der Waals surface area contributed by atoms with Crippen LogP contribution in [0, 0.1) is 0 Å². The van der Waals surface area contributed by atoms with Crippen molar-refractivity contribution < 1.29 is 9.59 Å². The van der Waals surface area contributed by atoms with Crippen molar-refractivity contribution in [1.29, 1.82) is 0 Å². The van der Waals surface area contributed by atoms with E-state index in [4.69, 9.17) is 5.73 Å². The van der Waals surface area contributed by atoms with Crippen LogP contribution in [0.1, 0.15) is 23.7 Å². The van der Waals surface area contributed by atoms with Crippen molar-refractivity contribution in [2.45, 2.75) is 19.4 Å². The molecule has 1 fully saturated rings. The van der Waals surface area contributed by atoms with Crippen molar-refractivity contribution in [3.63, 3.8) is 0 Å². The molecule has 1 aliphatic heterocycles. The summed E-state index contributed by atoms with van der Waals surface area (Å²) in [6.45, 7) is 2.23. The van der Waals surface area contributed by atoms with E-state index < -0.39 is 0 Å². The number of hydrogen-bond acceptors (Lipinski definition) is 4. The predicted octanol–water partition coefficient (Wildman–Crippen LogP) is 1.11. The minimum absolute atomic E-state index is 0.0778. The SMILES string of the molecule is CC(=O)c1cc(NC2CCN(C)C2=O)ccc1N. The van der Waals surface area contributed by atoms with Crippen molar-refractivity contribution in [2.24, 2.45) is 0 Å². The topological polar surface area (TPSA) is 75.4 Å². The summed E-state index contributed by atoms with van der Waals surface area (Å²) < 4.78 is 0. The van der Waals surface area contributed by atoms with E-state index in [9.17, 15) is 9.59 Å². The Kier molecular flexibility index (Phi) is 3.23. The first-order chi connectivity index (χ1) is 8.49. The number of nitrogens with zero attached hydrogens (tertiary/aromatic N) is 1. The van der Waals surface area contributed by atoms with Gasteiger partial charge in [0.25, 0.3) is 0 Å². The summed E-state index contributed by atoms with van der Waals surface area (Å²) in [5, 5.41) is 3.14. The maximum atomic E-state index is 11.8. The number of benzene rings is 1. The lowest BCUT2D eigenvalue weighted by Gasteiger charge is -2.14. The molecule has 0 spiro atoms. The molecule has 1 saturated heterocycles. The largest absolute Gasteiger partial charge is 0.398 e. The molecule has 1 unspecified atom stereocenters. The van der Waals surface area contributed by atoms with Crippen LogP contribution in [0.2, 0.25) is 0 Å². The van der Waals surface area contributed by atoms with Gasteiger partial charge in [-0.2, -0.15) is 0 Å². The summed E-state index contributed by atoms with van der Waals surface area (Å²) in [4.78, 5) is 24.9. The number of nitrogen functional groups attached to an aromatic ring is 1. The number of anilines is 2. The van der Waals surface area contributed by atoms with E-state index in [0.717, 1.165) is 18.7 Å². The van der Waals surface area contributed by atoms with E-state index in [1.807, 2.05) is 0 Å². The summed E-state index contributed by atoms with van der Waals surface area (Å²) in [5.74, 6) is 0.00205. The highest BCUT2D eigenvalue weighted by Gasteiger charge is 2.28. The lowest BCUT2D eigenvalue weighted by Crippen LogP contribution is -2.30. The van der Waals surface area contributed by atoms with Gasteiger partial charge in [-0.25, -0.2) is 0 Å². The zero-order chi connectivity index (χ0) is 13.3. The second-order valence-corrected chi connectivity index (χ2v) is 4.60. The van der Waals surface area contributed by atoms with Crippen LogP contribution in [0.3, 0.4) is 0 Å². The van der Waals surface area contributed by atoms with Crippen molar-refractivity contribution in [2.75, 3.05) is 24.6 Å². The van der Waals surface area contributed by atoms with Crippen molar-refractivity contribution in [1.82, 2.24) is 4.90 Å². The lowest BCUT2D eigenvalue weighted by atomic mass is 10.1. The average Bonchev–Trinajstić information content (AvgIpc) is 2.63. The normalized spacial score (nSPS) is 19.1. The number of carbonyl (C=O) groups excluding carboxylic acids is 2. The van der Waals surface area contributed by atoms with Crippen LogP contribution in [-0.2, 0) is 4.79 Å². The summed E-state index contributed by atoms with van der Waals surface area (Å²) in [5.41, 5.74) is 7.42. The highest BCUT2D eigenvalue weighted by atomic mass is 16.2. The van der Waals surface area contributed by atoms with E-state index in [2.05, 4.69) is 5.32 Å². The minimum Gasteiger partial charge on any atom is -0.398 e. The van der Waals surface area contributed by atoms with E-state index in [-0.39, 0.29) is 17.7 Å². The van der Waals surface area contributed by atoms with Gasteiger partial charge in [0.15, 0.2) is 5.78 Å². The Labute approximate surface area is 106 Å². The molecular formula is C13H17N3O2. The fourth-order valence-corrected chi connectivity index (χ4v) is 2.11. The van der Waals surface area contributed by atoms with Crippen molar-refractivity contribution >= 4 is 23.1 Å². The molecular weight excluding hydrogens is 230 g/mol. The third-order valence-electron chi connectivity index (χ3n) is 3.20. The average molecular weight is 247 g/mol. The third-order valence-corrected chi connectivity index (χ3v) is 3.20. The molecule has 0 aliphatic carbocycles. The minimum atomic E-state index is -0.210. The zero-order valence-corrected chi connectivity index (χ0v) is 10.6. The first-order valence-corrected chi connectivity index (χ1v) is 5.91. The zero-order valence-electron chi connectivity index (χ0n) is 10.6. The van der Waals surface area contributed by atoms with Crippen molar-refractivity contribution in [3.05, 3.63) is 23.8 Å². The summed E-state index contributed by atoms with van der Waals surface area (Å²) in [6, 6.07) is 4.96. The number of hydrogen-bond donors (Lipinski definition) is 2. The standard InChI is InChI=1S/C13H17N3O2/c1-8(17)10-7-9(3-4-11(10)14)15-12-5-6-16(2)13(12)18/h3-4,7,12,15H,5-6,14H2,1-2H3. The Bertz CT molecular complexity index is 499. The van der Waals surface area contributed by atoms with Crippen LogP contribution in [0.15, 0.2) is 18.2 Å². The molecule has 0 saturated carbocycles. The lowest BCUT2D eigenvalue weighted by molar-refractivity contribution is -0.127. The molecule has 1 aromatic rings. The highest BCUT2D eigenvalue weighted by molar-refractivity contribution is 6.00. The second-order valence-electron chi connectivity index (χ2n) is 4.60. The van der Waals surface area contributed by atoms with Gasteiger partial charge in [-0.05, 0) is 31.5 Å². The first kappa shape index (κ1) is 12.4. The molecule has 18 heavy (non-hydrogen) atoms. The van der Waals surface area contributed by atoms with Gasteiger partial charge in [0.1, 0.15) is 6.04 Å². The van der Waals surface area contributed by atoms with Gasteiger partial charge in [-0.1, -0.05) is 0 Å². The Hall–Kier alpha value is -2.04. The van der Waals surface area contributed by atoms with E-state index >= 15 is 0 Å². The Balaban J connectivity index is 2.18. The number of nitrogens with one attached hydrogen (secondary N) is 1. The van der Waals surface area contributed by atoms with Crippen LogP contribution in [0.25, 0.3) is 0 Å². The number of amides is 1. The third kappa shape index (κ3) is 2.30. The first-order valence-electron chi connectivity index (χ1n) is 5.91. The fraction of sp³-hybridized carbons (Fsp3) is 0.385. The molecule has 0 aromatic heterocycles. The van der Waals surface area contributed by atoms with Gasteiger partial charge in [-0.3, -0.25) is 9.59 Å². The molecule has 0 radical (unpaired) electrons. The number of carbonyl (C=O) groups is 2. The molecule has 1 aliphatic rings. The van der Waals surface area contributed by atoms with E-state index in [0.29, 0.717) is 11.3 Å². The number of Topliss-reactive ketones (excluding diaryl/α,β-unsaturated/α-hetero) is 1. The van der Waals surface area contributed by atoms with Crippen LogP contribution >= 0.6 is 0 Å². The Morgan fingerprint density at radius 2 is 2.22 bits per heavy atom. The maximum Gasteiger partial charge on any atom is 0.244 e. The molecule has 5 nitrogen and oxygen atoms in total. The number of rotatable bonds is 3. The number of ketones is 1. The number of nitrogens with two attached hydrogens (primary N) is 1. The van der Waals surface area contributed by atoms with E-state index in [1.54, 1.807) is 30.1 Å². The molecule has 0 bridgehead atoms. The van der Waals surface area contributed by atoms with Crippen LogP contribution in [0.5, 0.6) is 0 Å².